The van der Waals surface area contributed by atoms with E-state index in [0.717, 1.165) is 21.5 Å². The lowest BCUT2D eigenvalue weighted by Gasteiger charge is -2.15. The van der Waals surface area contributed by atoms with Gasteiger partial charge in [-0.05, 0) is 12.1 Å². The molecule has 0 atom stereocenters. The first-order chi connectivity index (χ1) is 12.2. The molecule has 0 saturated carbocycles. The lowest BCUT2D eigenvalue weighted by Crippen LogP contribution is -2.26. The van der Waals surface area contributed by atoms with Crippen molar-refractivity contribution in [2.24, 2.45) is 0 Å². The van der Waals surface area contributed by atoms with Crippen molar-refractivity contribution in [2.75, 3.05) is 7.05 Å². The molecule has 6 heteroatoms. The molecule has 2 aromatic carbocycles. The summed E-state index contributed by atoms with van der Waals surface area (Å²) in [4.78, 5) is 18.7. The molecular formula is C19H15N3O2S. The Morgan fingerprint density at radius 2 is 2.00 bits per heavy atom. The molecule has 0 radical (unpaired) electrons. The van der Waals surface area contributed by atoms with Crippen molar-refractivity contribution >= 4 is 27.5 Å². The minimum absolute atomic E-state index is 0.0625. The van der Waals surface area contributed by atoms with Gasteiger partial charge >= 0.3 is 0 Å². The van der Waals surface area contributed by atoms with Crippen LogP contribution in [0.5, 0.6) is 0 Å². The van der Waals surface area contributed by atoms with Crippen molar-refractivity contribution in [3.05, 3.63) is 71.4 Å². The van der Waals surface area contributed by atoms with Gasteiger partial charge in [-0.3, -0.25) is 4.79 Å². The second kappa shape index (κ2) is 6.49. The number of nitrogens with zero attached hydrogens (tertiary/aromatic N) is 3. The molecule has 0 aliphatic heterocycles. The molecule has 0 aliphatic carbocycles. The highest BCUT2D eigenvalue weighted by molar-refractivity contribution is 7.17. The smallest absolute Gasteiger partial charge is 0.255 e. The van der Waals surface area contributed by atoms with E-state index in [1.54, 1.807) is 17.5 Å². The largest absolute Gasteiger partial charge is 0.359 e. The van der Waals surface area contributed by atoms with Crippen molar-refractivity contribution in [2.45, 2.75) is 6.54 Å². The summed E-state index contributed by atoms with van der Waals surface area (Å²) in [5.74, 6) is 0.582. The molecule has 2 aromatic heterocycles. The van der Waals surface area contributed by atoms with Crippen molar-refractivity contribution < 1.29 is 9.32 Å². The van der Waals surface area contributed by atoms with Crippen molar-refractivity contribution in [1.29, 1.82) is 0 Å². The van der Waals surface area contributed by atoms with E-state index in [9.17, 15) is 4.79 Å². The molecule has 0 unspecified atom stereocenters. The Hall–Kier alpha value is -2.99. The first-order valence-electron chi connectivity index (χ1n) is 7.81. The predicted octanol–water partition coefficient (Wildman–Crippen LogP) is 4.22. The van der Waals surface area contributed by atoms with Crippen LogP contribution in [0, 0.1) is 0 Å². The van der Waals surface area contributed by atoms with Crippen LogP contribution in [0.2, 0.25) is 0 Å². The van der Waals surface area contributed by atoms with E-state index < -0.39 is 0 Å². The molecule has 0 spiro atoms. The Bertz CT molecular complexity index is 1020. The van der Waals surface area contributed by atoms with Crippen LogP contribution in [0.15, 0.2) is 64.6 Å². The second-order valence-electron chi connectivity index (χ2n) is 5.71. The maximum Gasteiger partial charge on any atom is 0.255 e. The molecular weight excluding hydrogens is 334 g/mol. The predicted molar refractivity (Wildman–Crippen MR) is 97.4 cm³/mol. The van der Waals surface area contributed by atoms with E-state index in [4.69, 9.17) is 4.52 Å². The van der Waals surface area contributed by atoms with Gasteiger partial charge in [0.25, 0.3) is 5.91 Å². The van der Waals surface area contributed by atoms with Gasteiger partial charge in [-0.2, -0.15) is 0 Å². The lowest BCUT2D eigenvalue weighted by molar-refractivity contribution is 0.0774. The van der Waals surface area contributed by atoms with E-state index in [1.807, 2.05) is 54.6 Å². The SMILES string of the molecule is CN(Cc1cc(-c2ccccc2)no1)C(=O)c1cccc2ncsc12. The standard InChI is InChI=1S/C19H15N3O2S/c1-22(19(23)15-8-5-9-16-18(15)25-12-20-16)11-14-10-17(21-24-14)13-6-3-2-4-7-13/h2-10,12H,11H2,1H3. The van der Waals surface area contributed by atoms with Gasteiger partial charge < -0.3 is 9.42 Å². The first kappa shape index (κ1) is 15.5. The fourth-order valence-electron chi connectivity index (χ4n) is 2.70. The van der Waals surface area contributed by atoms with Gasteiger partial charge in [-0.25, -0.2) is 4.98 Å². The van der Waals surface area contributed by atoms with Crippen LogP contribution in [-0.2, 0) is 6.54 Å². The Morgan fingerprint density at radius 1 is 1.16 bits per heavy atom. The third kappa shape index (κ3) is 3.04. The van der Waals surface area contributed by atoms with Crippen LogP contribution < -0.4 is 0 Å². The number of carbonyl (C=O) groups excluding carboxylic acids is 1. The third-order valence-electron chi connectivity index (χ3n) is 3.96. The van der Waals surface area contributed by atoms with Crippen molar-refractivity contribution in [1.82, 2.24) is 15.0 Å². The van der Waals surface area contributed by atoms with E-state index >= 15 is 0 Å². The topological polar surface area (TPSA) is 59.2 Å². The summed E-state index contributed by atoms with van der Waals surface area (Å²) in [6.45, 7) is 0.355. The third-order valence-corrected chi connectivity index (χ3v) is 4.83. The zero-order chi connectivity index (χ0) is 17.2. The molecule has 0 bridgehead atoms. The molecule has 1 amide bonds. The number of thiazole rings is 1. The number of rotatable bonds is 4. The molecule has 0 saturated heterocycles. The van der Waals surface area contributed by atoms with Gasteiger partial charge in [-0.1, -0.05) is 41.6 Å². The number of benzene rings is 2. The maximum absolute atomic E-state index is 12.8. The summed E-state index contributed by atoms with van der Waals surface area (Å²) >= 11 is 1.47. The quantitative estimate of drug-likeness (QED) is 0.553. The Balaban J connectivity index is 1.54. The number of hydrogen-bond donors (Lipinski definition) is 0. The number of carbonyl (C=O) groups is 1. The van der Waals surface area contributed by atoms with Crippen LogP contribution >= 0.6 is 11.3 Å². The first-order valence-corrected chi connectivity index (χ1v) is 8.69. The summed E-state index contributed by atoms with van der Waals surface area (Å²) in [6.07, 6.45) is 0. The molecule has 0 fully saturated rings. The number of hydrogen-bond acceptors (Lipinski definition) is 5. The zero-order valence-electron chi connectivity index (χ0n) is 13.5. The summed E-state index contributed by atoms with van der Waals surface area (Å²) in [6, 6.07) is 17.3. The van der Waals surface area contributed by atoms with Gasteiger partial charge in [0.2, 0.25) is 0 Å². The molecule has 124 valence electrons. The van der Waals surface area contributed by atoms with Gasteiger partial charge in [0.05, 0.1) is 27.8 Å². The number of amides is 1. The molecule has 0 aliphatic rings. The van der Waals surface area contributed by atoms with Crippen LogP contribution in [0.3, 0.4) is 0 Å². The van der Waals surface area contributed by atoms with Gasteiger partial charge in [-0.15, -0.1) is 11.3 Å². The fourth-order valence-corrected chi connectivity index (χ4v) is 3.49. The second-order valence-corrected chi connectivity index (χ2v) is 6.57. The van der Waals surface area contributed by atoms with Crippen LogP contribution in [0.25, 0.3) is 21.5 Å². The van der Waals surface area contributed by atoms with E-state index in [2.05, 4.69) is 10.1 Å². The van der Waals surface area contributed by atoms with Crippen molar-refractivity contribution in [3.63, 3.8) is 0 Å². The average molecular weight is 349 g/mol. The molecule has 5 nitrogen and oxygen atoms in total. The minimum atomic E-state index is -0.0625. The van der Waals surface area contributed by atoms with Gasteiger partial charge in [0, 0.05) is 18.7 Å². The van der Waals surface area contributed by atoms with Crippen LogP contribution in [0.1, 0.15) is 16.1 Å². The highest BCUT2D eigenvalue weighted by Crippen LogP contribution is 2.24. The zero-order valence-corrected chi connectivity index (χ0v) is 14.4. The Morgan fingerprint density at radius 3 is 2.84 bits per heavy atom. The molecule has 25 heavy (non-hydrogen) atoms. The summed E-state index contributed by atoms with van der Waals surface area (Å²) in [5, 5.41) is 4.09. The number of fused-ring (bicyclic) bond motifs is 1. The lowest BCUT2D eigenvalue weighted by atomic mass is 10.1. The Kier molecular flexibility index (Phi) is 4.03. The minimum Gasteiger partial charge on any atom is -0.359 e. The Labute approximate surface area is 148 Å². The maximum atomic E-state index is 12.8. The fraction of sp³-hybridized carbons (Fsp3) is 0.105. The highest BCUT2D eigenvalue weighted by Gasteiger charge is 2.18. The average Bonchev–Trinajstić information content (AvgIpc) is 3.30. The van der Waals surface area contributed by atoms with Crippen LogP contribution in [-0.4, -0.2) is 28.0 Å². The summed E-state index contributed by atoms with van der Waals surface area (Å²) < 4.78 is 6.30. The van der Waals surface area contributed by atoms with Crippen LogP contribution in [0.4, 0.5) is 0 Å². The summed E-state index contributed by atoms with van der Waals surface area (Å²) in [7, 11) is 1.76. The molecule has 4 rings (SSSR count). The van der Waals surface area contributed by atoms with E-state index in [1.165, 1.54) is 11.3 Å². The normalized spacial score (nSPS) is 10.9. The molecule has 4 aromatic rings. The van der Waals surface area contributed by atoms with Gasteiger partial charge in [0.1, 0.15) is 5.69 Å². The monoisotopic (exact) mass is 349 g/mol. The molecule has 0 N–H and O–H groups in total. The molecule has 2 heterocycles. The summed E-state index contributed by atoms with van der Waals surface area (Å²) in [5.41, 5.74) is 5.01. The number of aromatic nitrogens is 2. The van der Waals surface area contributed by atoms with Crippen molar-refractivity contribution in [3.8, 4) is 11.3 Å². The van der Waals surface area contributed by atoms with Gasteiger partial charge in [0.15, 0.2) is 5.76 Å². The highest BCUT2D eigenvalue weighted by atomic mass is 32.1. The van der Waals surface area contributed by atoms with E-state index in [-0.39, 0.29) is 5.91 Å². The van der Waals surface area contributed by atoms with E-state index in [0.29, 0.717) is 17.9 Å².